The molecule has 1 aromatic rings. The molecule has 2 aliphatic heterocycles. The number of amides is 1. The highest BCUT2D eigenvalue weighted by molar-refractivity contribution is 6.62. The van der Waals surface area contributed by atoms with Gasteiger partial charge in [0.25, 0.3) is 0 Å². The number of ether oxygens (including phenoxy) is 1. The SMILES string of the molecule is CC(C)(C)OC(=O)N1CCC(c2ccc(B3OC(C)(C)C(C)(C)O3)cn2)C1. The Hall–Kier alpha value is -1.60. The number of likely N-dealkylation sites (tertiary alicyclic amines) is 1. The first kappa shape index (κ1) is 20.1. The second-order valence-electron chi connectivity index (χ2n) is 9.52. The van der Waals surface area contributed by atoms with Gasteiger partial charge >= 0.3 is 13.2 Å². The van der Waals surface area contributed by atoms with E-state index in [1.807, 2.05) is 66.8 Å². The van der Waals surface area contributed by atoms with Gasteiger partial charge in [-0.25, -0.2) is 4.79 Å². The molecular formula is C20H31BN2O4. The summed E-state index contributed by atoms with van der Waals surface area (Å²) in [6.07, 6.45) is 2.47. The Morgan fingerprint density at radius 3 is 2.37 bits per heavy atom. The molecule has 2 saturated heterocycles. The van der Waals surface area contributed by atoms with Crippen molar-refractivity contribution in [3.63, 3.8) is 0 Å². The predicted octanol–water partition coefficient (Wildman–Crippen LogP) is 3.11. The Bertz CT molecular complexity index is 681. The fourth-order valence-corrected chi connectivity index (χ4v) is 3.27. The van der Waals surface area contributed by atoms with Gasteiger partial charge < -0.3 is 18.9 Å². The lowest BCUT2D eigenvalue weighted by Crippen LogP contribution is -2.41. The normalized spacial score (nSPS) is 24.3. The van der Waals surface area contributed by atoms with Gasteiger partial charge in [0, 0.05) is 36.4 Å². The van der Waals surface area contributed by atoms with E-state index in [1.54, 1.807) is 4.90 Å². The van der Waals surface area contributed by atoms with E-state index in [-0.39, 0.29) is 23.2 Å². The van der Waals surface area contributed by atoms with Crippen molar-refractivity contribution in [1.82, 2.24) is 9.88 Å². The third kappa shape index (κ3) is 4.30. The van der Waals surface area contributed by atoms with Crippen molar-refractivity contribution < 1.29 is 18.8 Å². The predicted molar refractivity (Wildman–Crippen MR) is 105 cm³/mol. The molecule has 0 bridgehead atoms. The maximum absolute atomic E-state index is 12.2. The monoisotopic (exact) mass is 374 g/mol. The van der Waals surface area contributed by atoms with E-state index in [9.17, 15) is 4.79 Å². The van der Waals surface area contributed by atoms with E-state index < -0.39 is 12.7 Å². The molecule has 2 fully saturated rings. The second-order valence-corrected chi connectivity index (χ2v) is 9.52. The maximum Gasteiger partial charge on any atom is 0.496 e. The van der Waals surface area contributed by atoms with Gasteiger partial charge in [-0.2, -0.15) is 0 Å². The largest absolute Gasteiger partial charge is 0.496 e. The van der Waals surface area contributed by atoms with Crippen LogP contribution in [0.1, 0.15) is 66.5 Å². The first-order valence-electron chi connectivity index (χ1n) is 9.67. The number of carbonyl (C=O) groups is 1. The van der Waals surface area contributed by atoms with Crippen molar-refractivity contribution in [2.24, 2.45) is 0 Å². The summed E-state index contributed by atoms with van der Waals surface area (Å²) in [7, 11) is -0.404. The lowest BCUT2D eigenvalue weighted by Gasteiger charge is -2.32. The van der Waals surface area contributed by atoms with Crippen LogP contribution in [0.4, 0.5) is 4.79 Å². The number of pyridine rings is 1. The molecule has 0 spiro atoms. The lowest BCUT2D eigenvalue weighted by molar-refractivity contribution is 0.00578. The topological polar surface area (TPSA) is 60.9 Å². The molecule has 2 aliphatic rings. The van der Waals surface area contributed by atoms with Crippen LogP contribution in [0.15, 0.2) is 18.3 Å². The zero-order valence-corrected chi connectivity index (χ0v) is 17.5. The molecule has 7 heteroatoms. The Labute approximate surface area is 162 Å². The molecule has 0 saturated carbocycles. The van der Waals surface area contributed by atoms with Crippen molar-refractivity contribution >= 4 is 18.7 Å². The minimum atomic E-state index is -0.474. The molecule has 1 aromatic heterocycles. The summed E-state index contributed by atoms with van der Waals surface area (Å²) in [6.45, 7) is 15.1. The van der Waals surface area contributed by atoms with Crippen molar-refractivity contribution in [3.8, 4) is 0 Å². The van der Waals surface area contributed by atoms with Crippen LogP contribution in [0, 0.1) is 0 Å². The number of aromatic nitrogens is 1. The molecule has 148 valence electrons. The van der Waals surface area contributed by atoms with Crippen LogP contribution >= 0.6 is 0 Å². The smallest absolute Gasteiger partial charge is 0.444 e. The molecule has 3 rings (SSSR count). The third-order valence-corrected chi connectivity index (χ3v) is 5.59. The minimum Gasteiger partial charge on any atom is -0.444 e. The maximum atomic E-state index is 12.2. The van der Waals surface area contributed by atoms with Crippen molar-refractivity contribution in [1.29, 1.82) is 0 Å². The van der Waals surface area contributed by atoms with Gasteiger partial charge in [0.15, 0.2) is 0 Å². The molecule has 1 amide bonds. The van der Waals surface area contributed by atoms with Gasteiger partial charge in [-0.1, -0.05) is 6.07 Å². The summed E-state index contributed by atoms with van der Waals surface area (Å²) in [5.74, 6) is 0.227. The molecular weight excluding hydrogens is 343 g/mol. The van der Waals surface area contributed by atoms with Crippen LogP contribution in [-0.2, 0) is 14.0 Å². The molecule has 0 aromatic carbocycles. The molecule has 0 N–H and O–H groups in total. The Morgan fingerprint density at radius 1 is 1.22 bits per heavy atom. The first-order valence-corrected chi connectivity index (χ1v) is 9.67. The summed E-state index contributed by atoms with van der Waals surface area (Å²) < 4.78 is 17.6. The van der Waals surface area contributed by atoms with Crippen LogP contribution in [0.25, 0.3) is 0 Å². The second kappa shape index (κ2) is 6.78. The van der Waals surface area contributed by atoms with Gasteiger partial charge in [0.1, 0.15) is 5.60 Å². The van der Waals surface area contributed by atoms with Crippen molar-refractivity contribution in [2.45, 2.75) is 77.6 Å². The van der Waals surface area contributed by atoms with E-state index in [0.717, 1.165) is 17.6 Å². The standard InChI is InChI=1S/C20H31BN2O4/c1-18(2,3)25-17(24)23-11-10-14(13-23)16-9-8-15(12-22-16)21-26-19(4,5)20(6,7)27-21/h8-9,12,14H,10-11,13H2,1-7H3. The molecule has 0 radical (unpaired) electrons. The number of nitrogens with zero attached hydrogens (tertiary/aromatic N) is 2. The highest BCUT2D eigenvalue weighted by atomic mass is 16.7. The summed E-state index contributed by atoms with van der Waals surface area (Å²) in [6, 6.07) is 4.03. The van der Waals surface area contributed by atoms with Crippen molar-refractivity contribution in [2.75, 3.05) is 13.1 Å². The zero-order chi connectivity index (χ0) is 20.0. The Kier molecular flexibility index (Phi) is 5.06. The van der Waals surface area contributed by atoms with Gasteiger partial charge in [0.05, 0.1) is 11.2 Å². The molecule has 1 atom stereocenters. The average molecular weight is 374 g/mol. The number of hydrogen-bond donors (Lipinski definition) is 0. The summed E-state index contributed by atoms with van der Waals surface area (Å²) >= 11 is 0. The van der Waals surface area contributed by atoms with Crippen LogP contribution in [0.3, 0.4) is 0 Å². The Balaban J connectivity index is 1.63. The first-order chi connectivity index (χ1) is 12.4. The molecule has 27 heavy (non-hydrogen) atoms. The van der Waals surface area contributed by atoms with Crippen LogP contribution in [0.5, 0.6) is 0 Å². The van der Waals surface area contributed by atoms with E-state index >= 15 is 0 Å². The summed E-state index contributed by atoms with van der Waals surface area (Å²) in [5, 5.41) is 0. The third-order valence-electron chi connectivity index (χ3n) is 5.59. The van der Waals surface area contributed by atoms with Crippen LogP contribution in [-0.4, -0.2) is 53.0 Å². The number of carbonyl (C=O) groups excluding carboxylic acids is 1. The number of rotatable bonds is 2. The highest BCUT2D eigenvalue weighted by Crippen LogP contribution is 2.36. The van der Waals surface area contributed by atoms with E-state index in [2.05, 4.69) is 4.98 Å². The zero-order valence-electron chi connectivity index (χ0n) is 17.5. The average Bonchev–Trinajstić information content (AvgIpc) is 3.09. The van der Waals surface area contributed by atoms with Crippen LogP contribution < -0.4 is 5.46 Å². The molecule has 6 nitrogen and oxygen atoms in total. The van der Waals surface area contributed by atoms with Gasteiger partial charge in [0.2, 0.25) is 0 Å². The molecule has 0 aliphatic carbocycles. The van der Waals surface area contributed by atoms with E-state index in [1.165, 1.54) is 0 Å². The highest BCUT2D eigenvalue weighted by Gasteiger charge is 2.51. The van der Waals surface area contributed by atoms with E-state index in [4.69, 9.17) is 14.0 Å². The molecule has 1 unspecified atom stereocenters. The Morgan fingerprint density at radius 2 is 1.85 bits per heavy atom. The number of hydrogen-bond acceptors (Lipinski definition) is 5. The molecule has 3 heterocycles. The van der Waals surface area contributed by atoms with Gasteiger partial charge in [-0.05, 0) is 61.0 Å². The summed E-state index contributed by atoms with van der Waals surface area (Å²) in [4.78, 5) is 18.6. The quantitative estimate of drug-likeness (QED) is 0.745. The van der Waals surface area contributed by atoms with Crippen molar-refractivity contribution in [3.05, 3.63) is 24.0 Å². The fraction of sp³-hybridized carbons (Fsp3) is 0.700. The van der Waals surface area contributed by atoms with Gasteiger partial charge in [-0.15, -0.1) is 0 Å². The van der Waals surface area contributed by atoms with Gasteiger partial charge in [-0.3, -0.25) is 4.98 Å². The minimum absolute atomic E-state index is 0.227. The van der Waals surface area contributed by atoms with E-state index in [0.29, 0.717) is 13.1 Å². The lowest BCUT2D eigenvalue weighted by atomic mass is 9.80. The summed E-state index contributed by atoms with van der Waals surface area (Å²) in [5.41, 5.74) is 0.698. The fourth-order valence-electron chi connectivity index (χ4n) is 3.27. The van der Waals surface area contributed by atoms with Crippen LogP contribution in [0.2, 0.25) is 0 Å².